The van der Waals surface area contributed by atoms with Crippen molar-refractivity contribution in [3.05, 3.63) is 29.8 Å². The molecule has 0 aliphatic carbocycles. The van der Waals surface area contributed by atoms with Crippen LogP contribution in [0.4, 0.5) is 0 Å². The number of ketones is 1. The Balaban J connectivity index is 3.13. The molecule has 0 heterocycles. The first-order valence-electron chi connectivity index (χ1n) is 4.53. The fourth-order valence-corrected chi connectivity index (χ4v) is 2.39. The highest BCUT2D eigenvalue weighted by molar-refractivity contribution is 6.88. The molecule has 0 radical (unpaired) electrons. The van der Waals surface area contributed by atoms with Crippen LogP contribution in [0.5, 0.6) is 0 Å². The molecule has 0 atom stereocenters. The van der Waals surface area contributed by atoms with Crippen molar-refractivity contribution in [2.45, 2.75) is 26.6 Å². The van der Waals surface area contributed by atoms with E-state index in [1.165, 1.54) is 5.19 Å². The van der Waals surface area contributed by atoms with Gasteiger partial charge in [-0.3, -0.25) is 4.79 Å². The second-order valence-electron chi connectivity index (χ2n) is 4.39. The lowest BCUT2D eigenvalue weighted by Crippen LogP contribution is -2.37. The number of carbonyl (C=O) groups excluding carboxylic acids is 1. The summed E-state index contributed by atoms with van der Waals surface area (Å²) in [6, 6.07) is 8.02. The van der Waals surface area contributed by atoms with Crippen LogP contribution >= 0.6 is 0 Å². The first-order valence-corrected chi connectivity index (χ1v) is 8.03. The summed E-state index contributed by atoms with van der Waals surface area (Å²) in [5.41, 5.74) is 0.833. The Morgan fingerprint density at radius 2 is 1.85 bits per heavy atom. The molecule has 0 spiro atoms. The van der Waals surface area contributed by atoms with Gasteiger partial charge in [0.15, 0.2) is 5.78 Å². The lowest BCUT2D eigenvalue weighted by Gasteiger charge is -2.16. The molecule has 1 rings (SSSR count). The number of hydrogen-bond acceptors (Lipinski definition) is 1. The van der Waals surface area contributed by atoms with Gasteiger partial charge in [0.1, 0.15) is 0 Å². The summed E-state index contributed by atoms with van der Waals surface area (Å²) in [5, 5.41) is 1.35. The van der Waals surface area contributed by atoms with Gasteiger partial charge in [-0.15, -0.1) is 0 Å². The predicted molar refractivity (Wildman–Crippen MR) is 59.4 cm³/mol. The van der Waals surface area contributed by atoms with Crippen molar-refractivity contribution in [3.63, 3.8) is 0 Å². The Bertz CT molecular complexity index is 323. The lowest BCUT2D eigenvalue weighted by atomic mass is 10.2. The fraction of sp³-hybridized carbons (Fsp3) is 0.364. The van der Waals surface area contributed by atoms with Crippen molar-refractivity contribution in [1.82, 2.24) is 0 Å². The zero-order valence-electron chi connectivity index (χ0n) is 8.72. The largest absolute Gasteiger partial charge is 0.295 e. The lowest BCUT2D eigenvalue weighted by molar-refractivity contribution is 0.101. The van der Waals surface area contributed by atoms with Crippen molar-refractivity contribution in [3.8, 4) is 0 Å². The normalized spacial score (nSPS) is 11.4. The average Bonchev–Trinajstić information content (AvgIpc) is 2.03. The number of rotatable bonds is 2. The Labute approximate surface area is 80.8 Å². The van der Waals surface area contributed by atoms with Gasteiger partial charge in [-0.05, 0) is 6.92 Å². The molecule has 1 aromatic rings. The summed E-state index contributed by atoms with van der Waals surface area (Å²) in [6.07, 6.45) is 0. The van der Waals surface area contributed by atoms with Gasteiger partial charge in [0.25, 0.3) is 0 Å². The highest BCUT2D eigenvalue weighted by Crippen LogP contribution is 2.05. The van der Waals surface area contributed by atoms with Gasteiger partial charge in [-0.25, -0.2) is 0 Å². The monoisotopic (exact) mass is 192 g/mol. The molecule has 0 aromatic heterocycles. The first-order chi connectivity index (χ1) is 5.91. The summed E-state index contributed by atoms with van der Waals surface area (Å²) in [5.74, 6) is 0.153. The zero-order valence-corrected chi connectivity index (χ0v) is 9.72. The minimum atomic E-state index is -1.26. The molecule has 0 saturated heterocycles. The second kappa shape index (κ2) is 3.46. The molecule has 0 aliphatic heterocycles. The maximum atomic E-state index is 11.1. The summed E-state index contributed by atoms with van der Waals surface area (Å²) >= 11 is 0. The molecule has 2 heteroatoms. The van der Waals surface area contributed by atoms with Crippen molar-refractivity contribution in [1.29, 1.82) is 0 Å². The van der Waals surface area contributed by atoms with Crippen LogP contribution in [0.2, 0.25) is 19.6 Å². The van der Waals surface area contributed by atoms with Gasteiger partial charge in [0.05, 0.1) is 8.07 Å². The van der Waals surface area contributed by atoms with E-state index in [0.717, 1.165) is 5.56 Å². The van der Waals surface area contributed by atoms with Crippen LogP contribution in [-0.4, -0.2) is 13.9 Å². The summed E-state index contributed by atoms with van der Waals surface area (Å²) < 4.78 is 0. The molecule has 1 nitrogen and oxygen atoms in total. The van der Waals surface area contributed by atoms with Crippen molar-refractivity contribution in [2.24, 2.45) is 0 Å². The third kappa shape index (κ3) is 2.52. The van der Waals surface area contributed by atoms with Gasteiger partial charge in [0.2, 0.25) is 0 Å². The molecule has 0 unspecified atom stereocenters. The van der Waals surface area contributed by atoms with Crippen molar-refractivity contribution >= 4 is 19.0 Å². The highest BCUT2D eigenvalue weighted by Gasteiger charge is 2.16. The second-order valence-corrected chi connectivity index (χ2v) is 9.46. The van der Waals surface area contributed by atoms with Gasteiger partial charge < -0.3 is 0 Å². The van der Waals surface area contributed by atoms with E-state index in [9.17, 15) is 4.79 Å². The molecule has 70 valence electrons. The Hall–Kier alpha value is -0.893. The highest BCUT2D eigenvalue weighted by atomic mass is 28.3. The molecule has 0 fully saturated rings. The first kappa shape index (κ1) is 10.2. The number of hydrogen-bond donors (Lipinski definition) is 0. The van der Waals surface area contributed by atoms with Gasteiger partial charge >= 0.3 is 0 Å². The number of benzene rings is 1. The van der Waals surface area contributed by atoms with Crippen LogP contribution < -0.4 is 5.19 Å². The summed E-state index contributed by atoms with van der Waals surface area (Å²) in [6.45, 7) is 8.47. The van der Waals surface area contributed by atoms with Crippen LogP contribution in [0, 0.1) is 0 Å². The molecule has 0 N–H and O–H groups in total. The Kier molecular flexibility index (Phi) is 2.71. The molecular formula is C11H16OSi. The molecule has 0 bridgehead atoms. The maximum Gasteiger partial charge on any atom is 0.159 e. The quantitative estimate of drug-likeness (QED) is 0.519. The van der Waals surface area contributed by atoms with E-state index < -0.39 is 8.07 Å². The van der Waals surface area contributed by atoms with Crippen molar-refractivity contribution in [2.75, 3.05) is 0 Å². The molecular weight excluding hydrogens is 176 g/mol. The summed E-state index contributed by atoms with van der Waals surface area (Å²) in [4.78, 5) is 11.1. The molecule has 13 heavy (non-hydrogen) atoms. The van der Waals surface area contributed by atoms with E-state index in [1.807, 2.05) is 18.2 Å². The zero-order chi connectivity index (χ0) is 10.1. The van der Waals surface area contributed by atoms with E-state index >= 15 is 0 Å². The average molecular weight is 192 g/mol. The minimum Gasteiger partial charge on any atom is -0.295 e. The smallest absolute Gasteiger partial charge is 0.159 e. The third-order valence-corrected chi connectivity index (χ3v) is 4.18. The molecule has 0 saturated carbocycles. The van der Waals surface area contributed by atoms with E-state index in [-0.39, 0.29) is 5.78 Å². The van der Waals surface area contributed by atoms with Crippen molar-refractivity contribution < 1.29 is 4.79 Å². The Morgan fingerprint density at radius 3 is 2.31 bits per heavy atom. The summed E-state index contributed by atoms with van der Waals surface area (Å²) in [7, 11) is -1.26. The molecule has 0 aliphatic rings. The van der Waals surface area contributed by atoms with Gasteiger partial charge in [0, 0.05) is 5.56 Å². The maximum absolute atomic E-state index is 11.1. The van der Waals surface area contributed by atoms with Gasteiger partial charge in [-0.1, -0.05) is 49.1 Å². The SMILES string of the molecule is CC(=O)c1cccc([Si](C)(C)C)c1. The molecule has 0 amide bonds. The number of Topliss-reactive ketones (excluding diaryl/α,β-unsaturated/α-hetero) is 1. The fourth-order valence-electron chi connectivity index (χ4n) is 1.20. The Morgan fingerprint density at radius 1 is 1.23 bits per heavy atom. The number of carbonyl (C=O) groups is 1. The predicted octanol–water partition coefficient (Wildman–Crippen LogP) is 2.43. The van der Waals surface area contributed by atoms with Crippen LogP contribution in [0.15, 0.2) is 24.3 Å². The topological polar surface area (TPSA) is 17.1 Å². The van der Waals surface area contributed by atoms with E-state index in [1.54, 1.807) is 6.92 Å². The minimum absolute atomic E-state index is 0.153. The van der Waals surface area contributed by atoms with E-state index in [2.05, 4.69) is 25.7 Å². The third-order valence-electron chi connectivity index (χ3n) is 2.14. The standard InChI is InChI=1S/C11H16OSi/c1-9(12)10-6-5-7-11(8-10)13(2,3)4/h5-8H,1-4H3. The molecule has 1 aromatic carbocycles. The van der Waals surface area contributed by atoms with E-state index in [0.29, 0.717) is 0 Å². The van der Waals surface area contributed by atoms with Crippen LogP contribution in [-0.2, 0) is 0 Å². The van der Waals surface area contributed by atoms with Crippen LogP contribution in [0.25, 0.3) is 0 Å². The van der Waals surface area contributed by atoms with Crippen LogP contribution in [0.1, 0.15) is 17.3 Å². The van der Waals surface area contributed by atoms with Gasteiger partial charge in [-0.2, -0.15) is 0 Å². The van der Waals surface area contributed by atoms with Crippen LogP contribution in [0.3, 0.4) is 0 Å². The van der Waals surface area contributed by atoms with E-state index in [4.69, 9.17) is 0 Å².